The van der Waals surface area contributed by atoms with Crippen LogP contribution in [0.4, 0.5) is 0 Å². The van der Waals surface area contributed by atoms with Crippen LogP contribution in [-0.4, -0.2) is 31.6 Å². The summed E-state index contributed by atoms with van der Waals surface area (Å²) in [6.45, 7) is 9.08. The van der Waals surface area contributed by atoms with Crippen molar-refractivity contribution in [1.82, 2.24) is 4.31 Å². The van der Waals surface area contributed by atoms with Crippen molar-refractivity contribution in [2.75, 3.05) is 18.8 Å². The highest BCUT2D eigenvalue weighted by molar-refractivity contribution is 7.89. The van der Waals surface area contributed by atoms with E-state index in [1.807, 2.05) is 6.92 Å². The third-order valence-electron chi connectivity index (χ3n) is 3.82. The van der Waals surface area contributed by atoms with Gasteiger partial charge in [0.15, 0.2) is 0 Å². The Balaban J connectivity index is 2.80. The maximum absolute atomic E-state index is 11.9. The summed E-state index contributed by atoms with van der Waals surface area (Å²) < 4.78 is 25.3. The molecule has 0 N–H and O–H groups in total. The predicted octanol–water partition coefficient (Wildman–Crippen LogP) is 1.99. The van der Waals surface area contributed by atoms with Crippen LogP contribution in [0, 0.1) is 22.2 Å². The Morgan fingerprint density at radius 1 is 1.35 bits per heavy atom. The van der Waals surface area contributed by atoms with Gasteiger partial charge in [0.1, 0.15) is 0 Å². The van der Waals surface area contributed by atoms with Gasteiger partial charge in [-0.15, -0.1) is 0 Å². The summed E-state index contributed by atoms with van der Waals surface area (Å²) in [5.74, 6) is 0.208. The second kappa shape index (κ2) is 4.58. The molecule has 1 aliphatic rings. The molecule has 0 spiro atoms. The van der Waals surface area contributed by atoms with Crippen LogP contribution < -0.4 is 0 Å². The van der Waals surface area contributed by atoms with Gasteiger partial charge in [-0.05, 0) is 11.8 Å². The number of rotatable bonds is 4. The molecule has 0 aromatic rings. The quantitative estimate of drug-likeness (QED) is 0.774. The van der Waals surface area contributed by atoms with Crippen molar-refractivity contribution < 1.29 is 8.42 Å². The molecule has 1 rings (SSSR count). The number of nitriles is 1. The van der Waals surface area contributed by atoms with Gasteiger partial charge in [0, 0.05) is 24.9 Å². The fourth-order valence-electron chi connectivity index (χ4n) is 2.22. The van der Waals surface area contributed by atoms with Crippen molar-refractivity contribution in [3.8, 4) is 6.07 Å². The summed E-state index contributed by atoms with van der Waals surface area (Å²) in [4.78, 5) is 0. The van der Waals surface area contributed by atoms with E-state index >= 15 is 0 Å². The Kier molecular flexibility index (Phi) is 3.90. The van der Waals surface area contributed by atoms with E-state index in [1.54, 1.807) is 0 Å². The van der Waals surface area contributed by atoms with Crippen molar-refractivity contribution >= 4 is 10.0 Å². The Bertz CT molecular complexity index is 409. The first kappa shape index (κ1) is 14.5. The molecule has 17 heavy (non-hydrogen) atoms. The van der Waals surface area contributed by atoms with Gasteiger partial charge in [-0.2, -0.15) is 5.26 Å². The largest absolute Gasteiger partial charge is 0.214 e. The molecule has 1 saturated heterocycles. The highest BCUT2D eigenvalue weighted by Crippen LogP contribution is 2.49. The van der Waals surface area contributed by atoms with Crippen LogP contribution in [0.1, 0.15) is 40.5 Å². The lowest BCUT2D eigenvalue weighted by atomic mass is 9.61. The van der Waals surface area contributed by atoms with E-state index in [-0.39, 0.29) is 16.6 Å². The van der Waals surface area contributed by atoms with Gasteiger partial charge < -0.3 is 0 Å². The van der Waals surface area contributed by atoms with E-state index in [0.717, 1.165) is 0 Å². The van der Waals surface area contributed by atoms with E-state index in [0.29, 0.717) is 25.9 Å². The molecular weight excluding hydrogens is 236 g/mol. The third kappa shape index (κ3) is 2.63. The summed E-state index contributed by atoms with van der Waals surface area (Å²) in [5, 5.41) is 8.90. The Morgan fingerprint density at radius 2 is 1.88 bits per heavy atom. The summed E-state index contributed by atoms with van der Waals surface area (Å²) in [5.41, 5.74) is -0.219. The van der Waals surface area contributed by atoms with Crippen molar-refractivity contribution in [2.45, 2.75) is 40.5 Å². The molecule has 0 bridgehead atoms. The minimum absolute atomic E-state index is 0.0407. The third-order valence-corrected chi connectivity index (χ3v) is 5.79. The molecule has 0 radical (unpaired) electrons. The zero-order valence-corrected chi connectivity index (χ0v) is 12.0. The highest BCUT2D eigenvalue weighted by atomic mass is 32.2. The number of nitrogens with zero attached hydrogens (tertiary/aromatic N) is 2. The summed E-state index contributed by atoms with van der Waals surface area (Å²) in [7, 11) is -3.10. The van der Waals surface area contributed by atoms with Crippen molar-refractivity contribution in [2.24, 2.45) is 10.8 Å². The average molecular weight is 258 g/mol. The minimum atomic E-state index is -3.10. The highest BCUT2D eigenvalue weighted by Gasteiger charge is 2.54. The van der Waals surface area contributed by atoms with Crippen LogP contribution in [0.15, 0.2) is 0 Å². The lowest BCUT2D eigenvalue weighted by molar-refractivity contribution is -0.0310. The normalized spacial score (nSPS) is 20.6. The fraction of sp³-hybridized carbons (Fsp3) is 0.917. The molecule has 0 aromatic heterocycles. The molecule has 1 heterocycles. The SMILES string of the molecule is CCCS(=O)(=O)N1CC(CC#N)(C(C)(C)C)C1. The predicted molar refractivity (Wildman–Crippen MR) is 67.8 cm³/mol. The minimum Gasteiger partial charge on any atom is -0.212 e. The first-order valence-corrected chi connectivity index (χ1v) is 7.64. The monoisotopic (exact) mass is 258 g/mol. The molecule has 4 nitrogen and oxygen atoms in total. The Hall–Kier alpha value is -0.600. The van der Waals surface area contributed by atoms with Crippen molar-refractivity contribution in [1.29, 1.82) is 5.26 Å². The lowest BCUT2D eigenvalue weighted by Crippen LogP contribution is -2.63. The van der Waals surface area contributed by atoms with Crippen LogP contribution in [0.5, 0.6) is 0 Å². The molecule has 98 valence electrons. The van der Waals surface area contributed by atoms with Gasteiger partial charge in [-0.3, -0.25) is 0 Å². The first-order chi connectivity index (χ1) is 7.68. The van der Waals surface area contributed by atoms with E-state index in [9.17, 15) is 8.42 Å². The zero-order chi connectivity index (χ0) is 13.3. The van der Waals surface area contributed by atoms with Crippen molar-refractivity contribution in [3.05, 3.63) is 0 Å². The molecule has 0 aromatic carbocycles. The molecule has 0 saturated carbocycles. The molecule has 1 fully saturated rings. The van der Waals surface area contributed by atoms with Gasteiger partial charge in [-0.1, -0.05) is 27.7 Å². The molecule has 0 atom stereocenters. The van der Waals surface area contributed by atoms with E-state index in [1.165, 1.54) is 4.31 Å². The van der Waals surface area contributed by atoms with Crippen LogP contribution in [-0.2, 0) is 10.0 Å². The van der Waals surface area contributed by atoms with Gasteiger partial charge >= 0.3 is 0 Å². The van der Waals surface area contributed by atoms with Crippen LogP contribution in [0.2, 0.25) is 0 Å². The summed E-state index contributed by atoms with van der Waals surface area (Å²) in [6.07, 6.45) is 1.06. The van der Waals surface area contributed by atoms with Crippen molar-refractivity contribution in [3.63, 3.8) is 0 Å². The molecule has 5 heteroatoms. The molecular formula is C12H22N2O2S. The number of sulfonamides is 1. The fourth-order valence-corrected chi connectivity index (χ4v) is 3.88. The van der Waals surface area contributed by atoms with E-state index < -0.39 is 10.0 Å². The summed E-state index contributed by atoms with van der Waals surface area (Å²) >= 11 is 0. The van der Waals surface area contributed by atoms with E-state index in [2.05, 4.69) is 26.8 Å². The van der Waals surface area contributed by atoms with Gasteiger partial charge in [0.25, 0.3) is 0 Å². The van der Waals surface area contributed by atoms with Crippen LogP contribution in [0.25, 0.3) is 0 Å². The standard InChI is InChI=1S/C12H22N2O2S/c1-5-8-17(15,16)14-9-12(10-14,6-7-13)11(2,3)4/h5-6,8-10H2,1-4H3. The van der Waals surface area contributed by atoms with E-state index in [4.69, 9.17) is 5.26 Å². The smallest absolute Gasteiger partial charge is 0.212 e. The van der Waals surface area contributed by atoms with Crippen LogP contribution >= 0.6 is 0 Å². The second-order valence-corrected chi connectivity index (χ2v) is 8.04. The average Bonchev–Trinajstić information content (AvgIpc) is 2.07. The zero-order valence-electron chi connectivity index (χ0n) is 11.2. The maximum atomic E-state index is 11.9. The van der Waals surface area contributed by atoms with Gasteiger partial charge in [0.2, 0.25) is 10.0 Å². The van der Waals surface area contributed by atoms with Gasteiger partial charge in [0.05, 0.1) is 11.8 Å². The maximum Gasteiger partial charge on any atom is 0.214 e. The lowest BCUT2D eigenvalue weighted by Gasteiger charge is -2.55. The number of hydrogen-bond donors (Lipinski definition) is 0. The molecule has 0 aliphatic carbocycles. The second-order valence-electron chi connectivity index (χ2n) is 5.95. The van der Waals surface area contributed by atoms with Crippen LogP contribution in [0.3, 0.4) is 0 Å². The molecule has 1 aliphatic heterocycles. The Labute approximate surface area is 105 Å². The topological polar surface area (TPSA) is 61.2 Å². The Morgan fingerprint density at radius 3 is 2.24 bits per heavy atom. The first-order valence-electron chi connectivity index (χ1n) is 6.03. The molecule has 0 amide bonds. The molecule has 0 unspecified atom stereocenters. The van der Waals surface area contributed by atoms with Gasteiger partial charge in [-0.25, -0.2) is 12.7 Å². The summed E-state index contributed by atoms with van der Waals surface area (Å²) in [6, 6.07) is 2.20. The number of hydrogen-bond acceptors (Lipinski definition) is 3.